The molecular formula is C32H46N2O2S. The Bertz CT molecular complexity index is 940. The number of nitrogens with one attached hydrogen (secondary N) is 1. The number of hydrogen-bond donors (Lipinski definition) is 1. The average Bonchev–Trinajstić information content (AvgIpc) is 3.32. The fourth-order valence-corrected chi connectivity index (χ4v) is 5.33. The van der Waals surface area contributed by atoms with Crippen molar-refractivity contribution in [1.29, 1.82) is 0 Å². The number of thioether (sulfide) groups is 1. The van der Waals surface area contributed by atoms with Gasteiger partial charge in [-0.1, -0.05) is 89.7 Å². The van der Waals surface area contributed by atoms with E-state index >= 15 is 0 Å². The lowest BCUT2D eigenvalue weighted by atomic mass is 10.1. The summed E-state index contributed by atoms with van der Waals surface area (Å²) in [5, 5.41) is 2.98. The molecule has 2 aromatic rings. The van der Waals surface area contributed by atoms with Crippen LogP contribution in [0, 0.1) is 0 Å². The normalized spacial score (nSPS) is 13.0. The molecule has 4 nitrogen and oxygen atoms in total. The highest BCUT2D eigenvalue weighted by Crippen LogP contribution is 2.26. The first-order valence-electron chi connectivity index (χ1n) is 14.3. The fraction of sp³-hybridized carbons (Fsp3) is 0.531. The van der Waals surface area contributed by atoms with Crippen molar-refractivity contribution in [3.8, 4) is 5.75 Å². The second-order valence-corrected chi connectivity index (χ2v) is 11.4. The van der Waals surface area contributed by atoms with Crippen molar-refractivity contribution < 1.29 is 9.53 Å². The minimum Gasteiger partial charge on any atom is -0.494 e. The molecule has 1 aliphatic rings. The SMILES string of the molecule is CCCCCCCCCCCCCCOc1ccc(NC(=O)c2ccc(CN3C=C(C)SC3)cc2)cc1. The van der Waals surface area contributed by atoms with Gasteiger partial charge in [-0.15, -0.1) is 11.8 Å². The van der Waals surface area contributed by atoms with Gasteiger partial charge >= 0.3 is 0 Å². The van der Waals surface area contributed by atoms with Crippen LogP contribution in [0.4, 0.5) is 5.69 Å². The number of amides is 1. The number of ether oxygens (including phenoxy) is 1. The largest absolute Gasteiger partial charge is 0.494 e. The zero-order valence-electron chi connectivity index (χ0n) is 23.0. The number of anilines is 1. The molecule has 0 aliphatic carbocycles. The zero-order valence-corrected chi connectivity index (χ0v) is 23.8. The Morgan fingerprint density at radius 3 is 2.00 bits per heavy atom. The number of nitrogens with zero attached hydrogens (tertiary/aromatic N) is 1. The maximum atomic E-state index is 12.6. The molecule has 0 saturated carbocycles. The molecule has 37 heavy (non-hydrogen) atoms. The Kier molecular flexibility index (Phi) is 13.5. The number of carbonyl (C=O) groups excluding carboxylic acids is 1. The molecule has 202 valence electrons. The molecule has 0 bridgehead atoms. The van der Waals surface area contributed by atoms with Crippen LogP contribution in [0.2, 0.25) is 0 Å². The van der Waals surface area contributed by atoms with E-state index in [0.29, 0.717) is 5.56 Å². The summed E-state index contributed by atoms with van der Waals surface area (Å²) in [5.74, 6) is 1.76. The molecule has 1 N–H and O–H groups in total. The van der Waals surface area contributed by atoms with Gasteiger partial charge in [0.15, 0.2) is 0 Å². The molecule has 1 amide bonds. The molecule has 2 aromatic carbocycles. The van der Waals surface area contributed by atoms with Gasteiger partial charge in [-0.2, -0.15) is 0 Å². The standard InChI is InChI=1S/C32H46N2O2S/c1-3-4-5-6-7-8-9-10-11-12-13-14-23-36-31-21-19-30(20-22-31)33-32(35)29-17-15-28(16-18-29)25-34-24-27(2)37-26-34/h15-22,24H,3-14,23,25-26H2,1-2H3,(H,33,35). The molecule has 0 radical (unpaired) electrons. The first-order chi connectivity index (χ1) is 18.1. The summed E-state index contributed by atoms with van der Waals surface area (Å²) in [6.07, 6.45) is 18.3. The minimum absolute atomic E-state index is 0.0934. The van der Waals surface area contributed by atoms with Crippen LogP contribution in [-0.2, 0) is 6.54 Å². The second kappa shape index (κ2) is 17.2. The summed E-state index contributed by atoms with van der Waals surface area (Å²) < 4.78 is 5.89. The Labute approximate surface area is 229 Å². The minimum atomic E-state index is -0.0934. The van der Waals surface area contributed by atoms with Crippen LogP contribution in [0.1, 0.15) is 107 Å². The van der Waals surface area contributed by atoms with Crippen LogP contribution < -0.4 is 10.1 Å². The Morgan fingerprint density at radius 2 is 1.43 bits per heavy atom. The van der Waals surface area contributed by atoms with Crippen LogP contribution in [0.25, 0.3) is 0 Å². The van der Waals surface area contributed by atoms with E-state index in [9.17, 15) is 4.79 Å². The van der Waals surface area contributed by atoms with E-state index in [1.165, 1.54) is 81.1 Å². The summed E-state index contributed by atoms with van der Waals surface area (Å²) in [6, 6.07) is 15.5. The highest BCUT2D eigenvalue weighted by Gasteiger charge is 2.11. The Morgan fingerprint density at radius 1 is 0.838 bits per heavy atom. The molecule has 0 spiro atoms. The van der Waals surface area contributed by atoms with Crippen molar-refractivity contribution in [2.45, 2.75) is 97.4 Å². The van der Waals surface area contributed by atoms with Crippen LogP contribution in [0.15, 0.2) is 59.6 Å². The van der Waals surface area contributed by atoms with Gasteiger partial charge < -0.3 is 15.0 Å². The van der Waals surface area contributed by atoms with Crippen molar-refractivity contribution in [2.75, 3.05) is 17.8 Å². The van der Waals surface area contributed by atoms with E-state index in [4.69, 9.17) is 4.74 Å². The van der Waals surface area contributed by atoms with Gasteiger partial charge in [-0.25, -0.2) is 0 Å². The first kappa shape index (κ1) is 29.2. The van der Waals surface area contributed by atoms with Crippen LogP contribution >= 0.6 is 11.8 Å². The summed E-state index contributed by atoms with van der Waals surface area (Å²) in [5.41, 5.74) is 2.65. The van der Waals surface area contributed by atoms with Crippen LogP contribution in [0.5, 0.6) is 5.75 Å². The number of allylic oxidation sites excluding steroid dienone is 1. The summed E-state index contributed by atoms with van der Waals surface area (Å²) in [6.45, 7) is 6.03. The van der Waals surface area contributed by atoms with Crippen molar-refractivity contribution in [2.24, 2.45) is 0 Å². The molecule has 0 fully saturated rings. The topological polar surface area (TPSA) is 41.6 Å². The van der Waals surface area contributed by atoms with Gasteiger partial charge in [0.25, 0.3) is 5.91 Å². The average molecular weight is 523 g/mol. The van der Waals surface area contributed by atoms with E-state index < -0.39 is 0 Å². The van der Waals surface area contributed by atoms with Crippen molar-refractivity contribution in [3.63, 3.8) is 0 Å². The maximum absolute atomic E-state index is 12.6. The predicted octanol–water partition coefficient (Wildman–Crippen LogP) is 9.39. The van der Waals surface area contributed by atoms with E-state index in [2.05, 4.69) is 30.3 Å². The number of benzene rings is 2. The Balaban J connectivity index is 1.24. The molecule has 3 rings (SSSR count). The molecule has 0 atom stereocenters. The molecule has 1 aliphatic heterocycles. The predicted molar refractivity (Wildman–Crippen MR) is 159 cm³/mol. The Hall–Kier alpha value is -2.40. The van der Waals surface area contributed by atoms with E-state index in [-0.39, 0.29) is 5.91 Å². The van der Waals surface area contributed by atoms with Crippen LogP contribution in [0.3, 0.4) is 0 Å². The third-order valence-electron chi connectivity index (χ3n) is 6.80. The number of hydrogen-bond acceptors (Lipinski definition) is 4. The van der Waals surface area contributed by atoms with Gasteiger partial charge in [0.05, 0.1) is 12.5 Å². The molecule has 5 heteroatoms. The first-order valence-corrected chi connectivity index (χ1v) is 15.3. The zero-order chi connectivity index (χ0) is 26.1. The third-order valence-corrected chi connectivity index (χ3v) is 7.82. The van der Waals surface area contributed by atoms with Crippen molar-refractivity contribution in [1.82, 2.24) is 4.90 Å². The van der Waals surface area contributed by atoms with Crippen molar-refractivity contribution >= 4 is 23.4 Å². The van der Waals surface area contributed by atoms with E-state index in [1.54, 1.807) is 0 Å². The van der Waals surface area contributed by atoms with Gasteiger partial charge in [0.1, 0.15) is 5.75 Å². The van der Waals surface area contributed by atoms with Crippen LogP contribution in [-0.4, -0.2) is 23.3 Å². The fourth-order valence-electron chi connectivity index (χ4n) is 4.57. The monoisotopic (exact) mass is 522 g/mol. The lowest BCUT2D eigenvalue weighted by Gasteiger charge is -2.14. The summed E-state index contributed by atoms with van der Waals surface area (Å²) in [7, 11) is 0. The van der Waals surface area contributed by atoms with Crippen molar-refractivity contribution in [3.05, 3.63) is 70.8 Å². The van der Waals surface area contributed by atoms with Gasteiger partial charge in [-0.3, -0.25) is 4.79 Å². The highest BCUT2D eigenvalue weighted by atomic mass is 32.2. The summed E-state index contributed by atoms with van der Waals surface area (Å²) in [4.78, 5) is 16.3. The quantitative estimate of drug-likeness (QED) is 0.198. The highest BCUT2D eigenvalue weighted by molar-refractivity contribution is 8.03. The molecule has 0 aromatic heterocycles. The second-order valence-electron chi connectivity index (χ2n) is 10.2. The van der Waals surface area contributed by atoms with Gasteiger partial charge in [0.2, 0.25) is 0 Å². The lowest BCUT2D eigenvalue weighted by Crippen LogP contribution is -2.14. The number of rotatable bonds is 18. The lowest BCUT2D eigenvalue weighted by molar-refractivity contribution is 0.102. The smallest absolute Gasteiger partial charge is 0.255 e. The number of unbranched alkanes of at least 4 members (excludes halogenated alkanes) is 11. The van der Waals surface area contributed by atoms with Gasteiger partial charge in [0, 0.05) is 24.0 Å². The maximum Gasteiger partial charge on any atom is 0.255 e. The molecule has 0 unspecified atom stereocenters. The third kappa shape index (κ3) is 11.7. The molecule has 0 saturated heterocycles. The van der Waals surface area contributed by atoms with E-state index in [0.717, 1.165) is 36.9 Å². The molecule has 1 heterocycles. The summed E-state index contributed by atoms with van der Waals surface area (Å²) >= 11 is 1.86. The van der Waals surface area contributed by atoms with Gasteiger partial charge in [-0.05, 0) is 60.2 Å². The number of carbonyl (C=O) groups is 1. The molecular weight excluding hydrogens is 476 g/mol. The van der Waals surface area contributed by atoms with E-state index in [1.807, 2.05) is 60.3 Å².